The number of aryl methyl sites for hydroxylation is 1. The van der Waals surface area contributed by atoms with Crippen LogP contribution in [0.25, 0.3) is 0 Å². The largest absolute Gasteiger partial charge is 0.483 e. The van der Waals surface area contributed by atoms with Gasteiger partial charge >= 0.3 is 5.03 Å². The Morgan fingerprint density at radius 2 is 1.80 bits per heavy atom. The number of hydrogen-bond donors (Lipinski definition) is 8. The van der Waals surface area contributed by atoms with Crippen molar-refractivity contribution in [3.63, 3.8) is 0 Å². The number of carboxylic acid groups (broad SMARTS) is 1. The smallest absolute Gasteiger partial charge is 0.362 e. The van der Waals surface area contributed by atoms with Crippen molar-refractivity contribution in [2.24, 2.45) is 16.6 Å². The van der Waals surface area contributed by atoms with E-state index in [-0.39, 0.29) is 49.2 Å². The molecule has 2 rings (SSSR count). The quantitative estimate of drug-likeness (QED) is 0.0508. The molecule has 0 heterocycles. The third-order valence-corrected chi connectivity index (χ3v) is 6.54. The van der Waals surface area contributed by atoms with Gasteiger partial charge in [0.15, 0.2) is 0 Å². The first kappa shape index (κ1) is 34.8. The molecule has 1 aliphatic carbocycles. The molecule has 1 aromatic carbocycles. The first-order valence-electron chi connectivity index (χ1n) is 13.4. The van der Waals surface area contributed by atoms with Gasteiger partial charge in [0.25, 0.3) is 12.4 Å². The summed E-state index contributed by atoms with van der Waals surface area (Å²) in [5, 5.41) is 26.5. The molecule has 15 nitrogen and oxygen atoms in total. The Kier molecular flexibility index (Phi) is 15.4. The summed E-state index contributed by atoms with van der Waals surface area (Å²) >= 11 is 0. The van der Waals surface area contributed by atoms with Crippen LogP contribution in [0.5, 0.6) is 0 Å². The summed E-state index contributed by atoms with van der Waals surface area (Å²) < 4.78 is 0. The van der Waals surface area contributed by atoms with Crippen LogP contribution >= 0.6 is 0 Å². The molecule has 15 heteroatoms. The van der Waals surface area contributed by atoms with E-state index in [4.69, 9.17) is 20.8 Å². The third kappa shape index (κ3) is 12.2. The molecule has 9 N–H and O–H groups in total. The first-order valence-corrected chi connectivity index (χ1v) is 13.4. The number of likely N-dealkylation sites (N-methyl/N-ethyl adjacent to an activating group) is 1. The van der Waals surface area contributed by atoms with Gasteiger partial charge in [-0.1, -0.05) is 38.1 Å². The van der Waals surface area contributed by atoms with Gasteiger partial charge < -0.3 is 32.1 Å². The molecule has 4 atom stereocenters. The van der Waals surface area contributed by atoms with Crippen molar-refractivity contribution in [1.82, 2.24) is 26.7 Å². The van der Waals surface area contributed by atoms with E-state index in [0.29, 0.717) is 6.42 Å². The lowest BCUT2D eigenvalue weighted by Gasteiger charge is -2.30. The van der Waals surface area contributed by atoms with Crippen LogP contribution in [-0.4, -0.2) is 77.2 Å². The first-order chi connectivity index (χ1) is 19.4. The maximum atomic E-state index is 13.4. The Balaban J connectivity index is 0.00000268. The lowest BCUT2D eigenvalue weighted by molar-refractivity contribution is -0.822. The van der Waals surface area contributed by atoms with Crippen LogP contribution in [0.4, 0.5) is 0 Å². The summed E-state index contributed by atoms with van der Waals surface area (Å²) in [6.07, 6.45) is 3.25. The Labute approximate surface area is 239 Å². The molecule has 0 fully saturated rings. The number of nitrogens with two attached hydrogens (primary N) is 1. The number of fused-ring (bicyclic) bond motifs is 1. The zero-order valence-corrected chi connectivity index (χ0v) is 23.9. The second kappa shape index (κ2) is 18.1. The zero-order chi connectivity index (χ0) is 30.9. The van der Waals surface area contributed by atoms with E-state index < -0.39 is 29.1 Å². The molecule has 0 aromatic heterocycles. The minimum absolute atomic E-state index is 0.141. The number of nitrogens with one attached hydrogen (secondary N) is 5. The lowest BCUT2D eigenvalue weighted by atomic mass is 9.87. The molecular formula is C26H43N8O7+. The minimum Gasteiger partial charge on any atom is -0.483 e. The minimum atomic E-state index is -0.894. The molecule has 3 amide bonds. The van der Waals surface area contributed by atoms with Crippen molar-refractivity contribution >= 4 is 30.2 Å². The van der Waals surface area contributed by atoms with Crippen LogP contribution in [0.1, 0.15) is 63.6 Å². The highest BCUT2D eigenvalue weighted by Crippen LogP contribution is 2.29. The van der Waals surface area contributed by atoms with Crippen LogP contribution in [0.2, 0.25) is 0 Å². The fraction of sp³-hybridized carbons (Fsp3) is 0.577. The predicted octanol–water partition coefficient (Wildman–Crippen LogP) is -0.118. The standard InChI is InChI=1S/C25H40N8O5.CH2O2/c1-15(2)21(31-22(34)16(3)27-4)24(36)30-20(13-8-14-28-25(26)32-33(37)38)23(35)29-19-12-7-10-17-9-5-6-11-18(17)19;2-1-3/h5-6,9,11,15-16,19-21,27H,7-8,10,12-14H2,1-4H3,(H6-,26,28,29,30,31,32,34,35,36,37,38);1H,(H,2,3)/p+1/t16-,19?,20-,21-;/m0./s1. The number of carbonyl (C=O) groups excluding carboxylic acids is 3. The van der Waals surface area contributed by atoms with Gasteiger partial charge in [0, 0.05) is 6.54 Å². The van der Waals surface area contributed by atoms with E-state index in [1.165, 1.54) is 5.56 Å². The normalized spacial score (nSPS) is 16.5. The van der Waals surface area contributed by atoms with Crippen LogP contribution < -0.4 is 32.4 Å². The average molecular weight is 580 g/mol. The van der Waals surface area contributed by atoms with Crippen LogP contribution in [-0.2, 0) is 25.6 Å². The van der Waals surface area contributed by atoms with Crippen LogP contribution in [0.15, 0.2) is 29.3 Å². The highest BCUT2D eigenvalue weighted by atomic mass is 16.7. The number of carbonyl (C=O) groups is 4. The SMILES string of the molecule is CN[C@@H](C)C(=O)N[C@H](C(=O)N[C@@H](CCCN=C(N)N[N+](=O)O)C(=O)NC1CCCc2ccccc21)C(C)C.O=CO. The van der Waals surface area contributed by atoms with Crippen molar-refractivity contribution in [3.05, 3.63) is 40.3 Å². The van der Waals surface area contributed by atoms with Gasteiger partial charge in [-0.2, -0.15) is 0 Å². The van der Waals surface area contributed by atoms with Crippen molar-refractivity contribution in [2.75, 3.05) is 13.6 Å². The van der Waals surface area contributed by atoms with Gasteiger partial charge in [-0.05, 0) is 68.5 Å². The number of hydrazine groups is 1. The molecule has 0 aliphatic heterocycles. The number of amides is 3. The van der Waals surface area contributed by atoms with Gasteiger partial charge in [-0.3, -0.25) is 19.2 Å². The lowest BCUT2D eigenvalue weighted by Crippen LogP contribution is -2.57. The number of aliphatic imine (C=N–C) groups is 1. The van der Waals surface area contributed by atoms with Crippen molar-refractivity contribution in [2.45, 2.75) is 77.0 Å². The summed E-state index contributed by atoms with van der Waals surface area (Å²) in [4.78, 5) is 62.0. The fourth-order valence-electron chi connectivity index (χ4n) is 4.28. The number of benzene rings is 1. The Bertz CT molecular complexity index is 1070. The van der Waals surface area contributed by atoms with Crippen LogP contribution in [0.3, 0.4) is 0 Å². The fourth-order valence-corrected chi connectivity index (χ4v) is 4.28. The van der Waals surface area contributed by atoms with E-state index >= 15 is 0 Å². The maximum absolute atomic E-state index is 13.4. The summed E-state index contributed by atoms with van der Waals surface area (Å²) in [6.45, 7) is 5.20. The summed E-state index contributed by atoms with van der Waals surface area (Å²) in [5.74, 6) is -1.63. The molecule has 1 aromatic rings. The van der Waals surface area contributed by atoms with Gasteiger partial charge in [-0.25, -0.2) is 10.2 Å². The van der Waals surface area contributed by atoms with Crippen molar-refractivity contribution in [3.8, 4) is 0 Å². The van der Waals surface area contributed by atoms with Gasteiger partial charge in [0.1, 0.15) is 17.0 Å². The number of nitrogens with zero attached hydrogens (tertiary/aromatic N) is 2. The molecule has 41 heavy (non-hydrogen) atoms. The van der Waals surface area contributed by atoms with E-state index in [1.54, 1.807) is 14.0 Å². The highest BCUT2D eigenvalue weighted by Gasteiger charge is 2.31. The van der Waals surface area contributed by atoms with Crippen molar-refractivity contribution < 1.29 is 34.5 Å². The summed E-state index contributed by atoms with van der Waals surface area (Å²) in [6, 6.07) is 5.59. The second-order valence-electron chi connectivity index (χ2n) is 9.85. The molecule has 0 bridgehead atoms. The third-order valence-electron chi connectivity index (χ3n) is 6.54. The zero-order valence-electron chi connectivity index (χ0n) is 23.9. The highest BCUT2D eigenvalue weighted by molar-refractivity contribution is 5.93. The Hall–Kier alpha value is -4.27. The summed E-state index contributed by atoms with van der Waals surface area (Å²) in [7, 11) is 1.65. The molecule has 1 unspecified atom stereocenters. The van der Waals surface area contributed by atoms with Crippen LogP contribution in [0, 0.1) is 10.8 Å². The van der Waals surface area contributed by atoms with Gasteiger partial charge in [0.05, 0.1) is 12.1 Å². The Morgan fingerprint density at radius 1 is 1.15 bits per heavy atom. The van der Waals surface area contributed by atoms with E-state index in [2.05, 4.69) is 32.3 Å². The molecule has 0 saturated heterocycles. The average Bonchev–Trinajstić information content (AvgIpc) is 2.92. The summed E-state index contributed by atoms with van der Waals surface area (Å²) in [5.41, 5.74) is 9.64. The predicted molar refractivity (Wildman–Crippen MR) is 150 cm³/mol. The van der Waals surface area contributed by atoms with E-state index in [9.17, 15) is 19.3 Å². The monoisotopic (exact) mass is 579 g/mol. The topological polar surface area (TPSA) is 227 Å². The van der Waals surface area contributed by atoms with E-state index in [0.717, 1.165) is 24.8 Å². The molecule has 228 valence electrons. The van der Waals surface area contributed by atoms with Crippen molar-refractivity contribution in [1.29, 1.82) is 0 Å². The Morgan fingerprint density at radius 3 is 2.41 bits per heavy atom. The molecule has 0 spiro atoms. The maximum Gasteiger partial charge on any atom is 0.362 e. The number of hydrogen-bond acceptors (Lipinski definition) is 7. The van der Waals surface area contributed by atoms with Gasteiger partial charge in [-0.15, -0.1) is 0 Å². The second-order valence-corrected chi connectivity index (χ2v) is 9.85. The number of rotatable bonds is 13. The molecule has 0 radical (unpaired) electrons. The van der Waals surface area contributed by atoms with E-state index in [1.807, 2.05) is 37.5 Å². The molecule has 0 saturated carbocycles. The van der Waals surface area contributed by atoms with Gasteiger partial charge in [0.2, 0.25) is 17.7 Å². The molecule has 1 aliphatic rings. The molecular weight excluding hydrogens is 536 g/mol. The number of guanidine groups is 1.